The fraction of sp³-hybridized carbons (Fsp3) is 0.0455. The molecule has 0 aromatic heterocycles. The van der Waals surface area contributed by atoms with E-state index in [2.05, 4.69) is 15.9 Å². The first-order chi connectivity index (χ1) is 13.9. The van der Waals surface area contributed by atoms with E-state index in [9.17, 15) is 13.7 Å². The molecule has 3 rings (SSSR count). The molecule has 0 saturated carbocycles. The fourth-order valence-electron chi connectivity index (χ4n) is 2.47. The molecule has 0 bridgehead atoms. The van der Waals surface area contributed by atoms with Gasteiger partial charge in [-0.05, 0) is 65.7 Å². The Labute approximate surface area is 183 Å². The summed E-state index contributed by atoms with van der Waals surface area (Å²) in [5, 5.41) is 9.79. The van der Waals surface area contributed by atoms with Crippen LogP contribution in [0.4, 0.5) is 0 Å². The molecular weight excluding hydrogens is 474 g/mol. The summed E-state index contributed by atoms with van der Waals surface area (Å²) >= 11 is 9.19. The van der Waals surface area contributed by atoms with Crippen LogP contribution in [0.15, 0.2) is 87.1 Å². The van der Waals surface area contributed by atoms with Crippen molar-refractivity contribution in [2.75, 3.05) is 0 Å². The SMILES string of the molecule is N#C/C(=C\c1ccc(OCc2ccc(Br)cc2)cc1)S(=O)(=O)c1ccc(Cl)cc1. The van der Waals surface area contributed by atoms with E-state index in [1.165, 1.54) is 30.3 Å². The highest BCUT2D eigenvalue weighted by Crippen LogP contribution is 2.24. The van der Waals surface area contributed by atoms with Crippen molar-refractivity contribution in [3.63, 3.8) is 0 Å². The van der Waals surface area contributed by atoms with E-state index in [1.54, 1.807) is 30.3 Å². The molecular formula is C22H15BrClNO3S. The number of nitrogens with zero attached hydrogens (tertiary/aromatic N) is 1. The fourth-order valence-corrected chi connectivity index (χ4v) is 4.02. The van der Waals surface area contributed by atoms with Gasteiger partial charge >= 0.3 is 0 Å². The first kappa shape index (κ1) is 21.1. The van der Waals surface area contributed by atoms with Gasteiger partial charge in [0.1, 0.15) is 23.3 Å². The molecule has 0 radical (unpaired) electrons. The molecule has 0 aliphatic heterocycles. The highest BCUT2D eigenvalue weighted by molar-refractivity contribution is 9.10. The van der Waals surface area contributed by atoms with Gasteiger partial charge in [0.15, 0.2) is 0 Å². The highest BCUT2D eigenvalue weighted by Gasteiger charge is 2.20. The van der Waals surface area contributed by atoms with Crippen LogP contribution in [0.25, 0.3) is 6.08 Å². The molecule has 0 unspecified atom stereocenters. The molecule has 4 nitrogen and oxygen atoms in total. The van der Waals surface area contributed by atoms with Crippen molar-refractivity contribution in [2.45, 2.75) is 11.5 Å². The number of benzene rings is 3. The number of ether oxygens (including phenoxy) is 1. The molecule has 0 aliphatic carbocycles. The lowest BCUT2D eigenvalue weighted by atomic mass is 10.2. The maximum Gasteiger partial charge on any atom is 0.216 e. The Morgan fingerprint density at radius 1 is 1.00 bits per heavy atom. The van der Waals surface area contributed by atoms with E-state index >= 15 is 0 Å². The van der Waals surface area contributed by atoms with Gasteiger partial charge in [-0.15, -0.1) is 0 Å². The average Bonchev–Trinajstić information content (AvgIpc) is 2.72. The molecule has 0 spiro atoms. The lowest BCUT2D eigenvalue weighted by Crippen LogP contribution is -2.03. The Kier molecular flexibility index (Phi) is 6.75. The molecule has 3 aromatic carbocycles. The van der Waals surface area contributed by atoms with Gasteiger partial charge in [0.05, 0.1) is 4.90 Å². The second-order valence-electron chi connectivity index (χ2n) is 6.06. The quantitative estimate of drug-likeness (QED) is 0.398. The van der Waals surface area contributed by atoms with Crippen molar-refractivity contribution in [2.24, 2.45) is 0 Å². The molecule has 0 heterocycles. The lowest BCUT2D eigenvalue weighted by molar-refractivity contribution is 0.306. The summed E-state index contributed by atoms with van der Waals surface area (Å²) in [6, 6.07) is 22.1. The highest BCUT2D eigenvalue weighted by atomic mass is 79.9. The van der Waals surface area contributed by atoms with Crippen molar-refractivity contribution in [3.05, 3.63) is 98.3 Å². The van der Waals surface area contributed by atoms with E-state index < -0.39 is 9.84 Å². The molecule has 0 amide bonds. The van der Waals surface area contributed by atoms with Gasteiger partial charge < -0.3 is 4.74 Å². The summed E-state index contributed by atoms with van der Waals surface area (Å²) in [7, 11) is -3.92. The molecule has 0 aliphatic rings. The van der Waals surface area contributed by atoms with Crippen LogP contribution in [0.5, 0.6) is 5.75 Å². The third kappa shape index (κ3) is 5.48. The number of hydrogen-bond acceptors (Lipinski definition) is 4. The maximum atomic E-state index is 12.7. The topological polar surface area (TPSA) is 67.2 Å². The van der Waals surface area contributed by atoms with Gasteiger partial charge in [0.2, 0.25) is 9.84 Å². The Bertz CT molecular complexity index is 1160. The van der Waals surface area contributed by atoms with Crippen LogP contribution in [0.1, 0.15) is 11.1 Å². The number of allylic oxidation sites excluding steroid dienone is 1. The van der Waals surface area contributed by atoms with Crippen LogP contribution in [0, 0.1) is 11.3 Å². The molecule has 3 aromatic rings. The van der Waals surface area contributed by atoms with E-state index in [4.69, 9.17) is 16.3 Å². The minimum absolute atomic E-state index is 0.0177. The summed E-state index contributed by atoms with van der Waals surface area (Å²) in [6.45, 7) is 0.414. The second kappa shape index (κ2) is 9.27. The molecule has 7 heteroatoms. The zero-order valence-electron chi connectivity index (χ0n) is 15.0. The molecule has 0 saturated heterocycles. The van der Waals surface area contributed by atoms with Crippen molar-refractivity contribution in [3.8, 4) is 11.8 Å². The van der Waals surface area contributed by atoms with Crippen molar-refractivity contribution < 1.29 is 13.2 Å². The molecule has 0 N–H and O–H groups in total. The number of nitriles is 1. The third-order valence-electron chi connectivity index (χ3n) is 4.02. The van der Waals surface area contributed by atoms with E-state index in [-0.39, 0.29) is 9.80 Å². The standard InChI is InChI=1S/C22H15BrClNO3S/c23-18-5-1-17(2-6-18)15-28-20-9-3-16(4-10-20)13-22(14-25)29(26,27)21-11-7-19(24)8-12-21/h1-13H,15H2/b22-13+. The van der Waals surface area contributed by atoms with Gasteiger partial charge in [-0.25, -0.2) is 8.42 Å². The van der Waals surface area contributed by atoms with Gasteiger partial charge in [-0.3, -0.25) is 0 Å². The van der Waals surface area contributed by atoms with Crippen LogP contribution >= 0.6 is 27.5 Å². The Morgan fingerprint density at radius 2 is 1.62 bits per heavy atom. The van der Waals surface area contributed by atoms with Crippen molar-refractivity contribution in [1.82, 2.24) is 0 Å². The third-order valence-corrected chi connectivity index (χ3v) is 6.48. The summed E-state index contributed by atoms with van der Waals surface area (Å²) in [5.74, 6) is 0.643. The Morgan fingerprint density at radius 3 is 2.21 bits per heavy atom. The zero-order chi connectivity index (χ0) is 20.9. The Balaban J connectivity index is 1.75. The first-order valence-corrected chi connectivity index (χ1v) is 11.1. The molecule has 0 atom stereocenters. The lowest BCUT2D eigenvalue weighted by Gasteiger charge is -2.07. The zero-order valence-corrected chi connectivity index (χ0v) is 18.2. The maximum absolute atomic E-state index is 12.7. The monoisotopic (exact) mass is 487 g/mol. The largest absolute Gasteiger partial charge is 0.489 e. The predicted octanol–water partition coefficient (Wildman–Crippen LogP) is 6.02. The van der Waals surface area contributed by atoms with Crippen molar-refractivity contribution in [1.29, 1.82) is 5.26 Å². The number of hydrogen-bond donors (Lipinski definition) is 0. The Hall–Kier alpha value is -2.59. The molecule has 146 valence electrons. The van der Waals surface area contributed by atoms with E-state index in [1.807, 2.05) is 24.3 Å². The molecule has 0 fully saturated rings. The summed E-state index contributed by atoms with van der Waals surface area (Å²) in [6.07, 6.45) is 1.34. The minimum Gasteiger partial charge on any atom is -0.489 e. The van der Waals surface area contributed by atoms with Gasteiger partial charge in [0.25, 0.3) is 0 Å². The van der Waals surface area contributed by atoms with Crippen LogP contribution in [0.3, 0.4) is 0 Å². The average molecular weight is 489 g/mol. The van der Waals surface area contributed by atoms with E-state index in [0.717, 1.165) is 10.0 Å². The minimum atomic E-state index is -3.92. The van der Waals surface area contributed by atoms with E-state index in [0.29, 0.717) is 22.9 Å². The second-order valence-corrected chi connectivity index (χ2v) is 9.33. The van der Waals surface area contributed by atoms with Crippen LogP contribution in [-0.4, -0.2) is 8.42 Å². The number of rotatable bonds is 6. The van der Waals surface area contributed by atoms with Crippen LogP contribution < -0.4 is 4.74 Å². The van der Waals surface area contributed by atoms with Crippen molar-refractivity contribution >= 4 is 43.4 Å². The summed E-state index contributed by atoms with van der Waals surface area (Å²) in [5.41, 5.74) is 1.60. The van der Waals surface area contributed by atoms with Gasteiger partial charge in [-0.1, -0.05) is 51.8 Å². The van der Waals surface area contributed by atoms with Crippen LogP contribution in [-0.2, 0) is 16.4 Å². The van der Waals surface area contributed by atoms with Gasteiger partial charge in [0, 0.05) is 9.50 Å². The first-order valence-electron chi connectivity index (χ1n) is 8.48. The summed E-state index contributed by atoms with van der Waals surface area (Å²) < 4.78 is 32.1. The summed E-state index contributed by atoms with van der Waals surface area (Å²) in [4.78, 5) is -0.326. The normalized spacial score (nSPS) is 11.7. The predicted molar refractivity (Wildman–Crippen MR) is 117 cm³/mol. The smallest absolute Gasteiger partial charge is 0.216 e. The number of halogens is 2. The van der Waals surface area contributed by atoms with Gasteiger partial charge in [-0.2, -0.15) is 5.26 Å². The molecule has 29 heavy (non-hydrogen) atoms. The van der Waals surface area contributed by atoms with Crippen LogP contribution in [0.2, 0.25) is 5.02 Å². The number of sulfone groups is 1.